The van der Waals surface area contributed by atoms with Crippen molar-refractivity contribution < 1.29 is 4.92 Å². The number of benzene rings is 1. The van der Waals surface area contributed by atoms with Crippen LogP contribution in [0.2, 0.25) is 0 Å². The largest absolute Gasteiger partial charge is 0.384 e. The van der Waals surface area contributed by atoms with Crippen molar-refractivity contribution in [3.8, 4) is 16.3 Å². The molecular weight excluding hydrogens is 276 g/mol. The molecule has 0 aliphatic heterocycles. The number of aromatic nitrogens is 2. The number of thiophene rings is 1. The van der Waals surface area contributed by atoms with Gasteiger partial charge in [-0.15, -0.1) is 11.3 Å². The molecule has 0 atom stereocenters. The van der Waals surface area contributed by atoms with E-state index < -0.39 is 4.92 Å². The van der Waals surface area contributed by atoms with Crippen molar-refractivity contribution in [1.29, 1.82) is 0 Å². The molecule has 0 unspecified atom stereocenters. The minimum atomic E-state index is -0.443. The molecule has 0 radical (unpaired) electrons. The van der Waals surface area contributed by atoms with Gasteiger partial charge in [0.15, 0.2) is 0 Å². The summed E-state index contributed by atoms with van der Waals surface area (Å²) in [5.74, 6) is 0.364. The lowest BCUT2D eigenvalue weighted by atomic mass is 10.3. The third-order valence-electron chi connectivity index (χ3n) is 2.82. The van der Waals surface area contributed by atoms with Crippen LogP contribution in [-0.4, -0.2) is 14.7 Å². The van der Waals surface area contributed by atoms with E-state index >= 15 is 0 Å². The first-order valence-corrected chi connectivity index (χ1v) is 6.68. The number of rotatable bonds is 3. The molecule has 3 rings (SSSR count). The van der Waals surface area contributed by atoms with Crippen LogP contribution in [0.1, 0.15) is 0 Å². The van der Waals surface area contributed by atoms with Crippen molar-refractivity contribution in [2.75, 3.05) is 5.73 Å². The van der Waals surface area contributed by atoms with Crippen molar-refractivity contribution in [3.05, 3.63) is 58.0 Å². The van der Waals surface area contributed by atoms with Crippen LogP contribution < -0.4 is 5.73 Å². The summed E-state index contributed by atoms with van der Waals surface area (Å²) in [6.45, 7) is 0. The maximum atomic E-state index is 11.1. The zero-order valence-corrected chi connectivity index (χ0v) is 11.1. The van der Waals surface area contributed by atoms with E-state index in [2.05, 4.69) is 5.10 Å². The summed E-state index contributed by atoms with van der Waals surface area (Å²) in [5, 5.41) is 17.4. The number of para-hydroxylation sites is 2. The van der Waals surface area contributed by atoms with E-state index in [1.807, 2.05) is 17.5 Å². The molecule has 0 aliphatic carbocycles. The lowest BCUT2D eigenvalue weighted by Crippen LogP contribution is -2.04. The smallest absolute Gasteiger partial charge is 0.294 e. The van der Waals surface area contributed by atoms with Gasteiger partial charge in [-0.1, -0.05) is 18.2 Å². The van der Waals surface area contributed by atoms with Crippen LogP contribution in [0.3, 0.4) is 0 Å². The first kappa shape index (κ1) is 12.4. The molecule has 0 spiro atoms. The zero-order valence-electron chi connectivity index (χ0n) is 10.3. The van der Waals surface area contributed by atoms with Crippen molar-refractivity contribution >= 4 is 22.8 Å². The molecule has 0 fully saturated rings. The fourth-order valence-corrected chi connectivity index (χ4v) is 2.61. The number of hydrogen-bond donors (Lipinski definition) is 1. The lowest BCUT2D eigenvalue weighted by molar-refractivity contribution is -0.384. The summed E-state index contributed by atoms with van der Waals surface area (Å²) >= 11 is 1.54. The topological polar surface area (TPSA) is 87.0 Å². The molecule has 1 aromatic carbocycles. The standard InChI is InChI=1S/C13H10N4O2S/c14-13-8-9(12-6-3-7-20-12)15-16(13)10-4-1-2-5-11(10)17(18)19/h1-8H,14H2. The fourth-order valence-electron chi connectivity index (χ4n) is 1.93. The van der Waals surface area contributed by atoms with Crippen molar-refractivity contribution in [3.63, 3.8) is 0 Å². The molecule has 0 saturated carbocycles. The second-order valence-corrected chi connectivity index (χ2v) is 5.04. The van der Waals surface area contributed by atoms with Gasteiger partial charge in [-0.2, -0.15) is 5.10 Å². The SMILES string of the molecule is Nc1cc(-c2cccs2)nn1-c1ccccc1[N+](=O)[O-]. The van der Waals surface area contributed by atoms with E-state index in [1.165, 1.54) is 22.1 Å². The average molecular weight is 286 g/mol. The first-order valence-electron chi connectivity index (χ1n) is 5.80. The lowest BCUT2D eigenvalue weighted by Gasteiger charge is -2.04. The monoisotopic (exact) mass is 286 g/mol. The van der Waals surface area contributed by atoms with Crippen molar-refractivity contribution in [2.24, 2.45) is 0 Å². The molecule has 0 aliphatic rings. The Bertz CT molecular complexity index is 765. The van der Waals surface area contributed by atoms with E-state index in [0.29, 0.717) is 17.2 Å². The summed E-state index contributed by atoms with van der Waals surface area (Å²) < 4.78 is 1.40. The molecule has 2 heterocycles. The molecule has 0 amide bonds. The zero-order chi connectivity index (χ0) is 14.1. The molecule has 2 aromatic heterocycles. The highest BCUT2D eigenvalue weighted by atomic mass is 32.1. The van der Waals surface area contributed by atoms with Crippen LogP contribution in [0.5, 0.6) is 0 Å². The summed E-state index contributed by atoms with van der Waals surface area (Å²) in [5.41, 5.74) is 6.97. The molecule has 20 heavy (non-hydrogen) atoms. The fraction of sp³-hybridized carbons (Fsp3) is 0. The second-order valence-electron chi connectivity index (χ2n) is 4.09. The minimum Gasteiger partial charge on any atom is -0.384 e. The second kappa shape index (κ2) is 4.78. The molecule has 0 bridgehead atoms. The van der Waals surface area contributed by atoms with E-state index in [4.69, 9.17) is 5.73 Å². The normalized spacial score (nSPS) is 10.6. The number of nitro benzene ring substituents is 1. The molecule has 6 nitrogen and oxygen atoms in total. The van der Waals surface area contributed by atoms with Gasteiger partial charge in [0.2, 0.25) is 0 Å². The van der Waals surface area contributed by atoms with Gasteiger partial charge in [-0.3, -0.25) is 10.1 Å². The Balaban J connectivity index is 2.14. The van der Waals surface area contributed by atoms with E-state index in [1.54, 1.807) is 24.3 Å². The third kappa shape index (κ3) is 2.04. The van der Waals surface area contributed by atoms with Gasteiger partial charge in [-0.25, -0.2) is 4.68 Å². The maximum absolute atomic E-state index is 11.1. The number of anilines is 1. The molecular formula is C13H10N4O2S. The predicted octanol–water partition coefficient (Wildman–Crippen LogP) is 3.09. The average Bonchev–Trinajstić information content (AvgIpc) is 3.07. The molecule has 100 valence electrons. The first-order chi connectivity index (χ1) is 9.66. The van der Waals surface area contributed by atoms with Crippen molar-refractivity contribution in [2.45, 2.75) is 0 Å². The van der Waals surface area contributed by atoms with Gasteiger partial charge in [0.1, 0.15) is 17.2 Å². The highest BCUT2D eigenvalue weighted by molar-refractivity contribution is 7.13. The number of nitrogens with two attached hydrogens (primary N) is 1. The number of nitro groups is 1. The van der Waals surface area contributed by atoms with E-state index in [-0.39, 0.29) is 5.69 Å². The summed E-state index contributed by atoms with van der Waals surface area (Å²) in [6, 6.07) is 11.9. The Morgan fingerprint density at radius 3 is 2.75 bits per heavy atom. The van der Waals surface area contributed by atoms with Crippen LogP contribution >= 0.6 is 11.3 Å². The molecule has 3 aromatic rings. The number of hydrogen-bond acceptors (Lipinski definition) is 5. The Morgan fingerprint density at radius 2 is 2.05 bits per heavy atom. The van der Waals surface area contributed by atoms with Crippen LogP contribution in [-0.2, 0) is 0 Å². The van der Waals surface area contributed by atoms with Crippen LogP contribution in [0.4, 0.5) is 11.5 Å². The summed E-state index contributed by atoms with van der Waals surface area (Å²) in [6.07, 6.45) is 0. The Hall–Kier alpha value is -2.67. The van der Waals surface area contributed by atoms with E-state index in [9.17, 15) is 10.1 Å². The van der Waals surface area contributed by atoms with E-state index in [0.717, 1.165) is 4.88 Å². The van der Waals surface area contributed by atoms with Crippen molar-refractivity contribution in [1.82, 2.24) is 9.78 Å². The molecule has 2 N–H and O–H groups in total. The quantitative estimate of drug-likeness (QED) is 0.592. The van der Waals surface area contributed by atoms with Crippen LogP contribution in [0, 0.1) is 10.1 Å². The van der Waals surface area contributed by atoms with Crippen LogP contribution in [0.25, 0.3) is 16.3 Å². The van der Waals surface area contributed by atoms with Gasteiger partial charge in [-0.05, 0) is 17.5 Å². The van der Waals surface area contributed by atoms with Gasteiger partial charge < -0.3 is 5.73 Å². The van der Waals surface area contributed by atoms with Gasteiger partial charge in [0.25, 0.3) is 5.69 Å². The van der Waals surface area contributed by atoms with Gasteiger partial charge in [0, 0.05) is 12.1 Å². The number of nitrogen functional groups attached to an aromatic ring is 1. The van der Waals surface area contributed by atoms with Gasteiger partial charge in [0.05, 0.1) is 9.80 Å². The summed E-state index contributed by atoms with van der Waals surface area (Å²) in [4.78, 5) is 11.6. The maximum Gasteiger partial charge on any atom is 0.294 e. The summed E-state index contributed by atoms with van der Waals surface area (Å²) in [7, 11) is 0. The molecule has 7 heteroatoms. The Labute approximate surface area is 118 Å². The Morgan fingerprint density at radius 1 is 1.25 bits per heavy atom. The third-order valence-corrected chi connectivity index (χ3v) is 3.71. The Kier molecular flexibility index (Phi) is 2.96. The van der Waals surface area contributed by atoms with Gasteiger partial charge >= 0.3 is 0 Å². The predicted molar refractivity (Wildman–Crippen MR) is 77.9 cm³/mol. The molecule has 0 saturated heterocycles. The highest BCUT2D eigenvalue weighted by Gasteiger charge is 2.18. The number of nitrogens with zero attached hydrogens (tertiary/aromatic N) is 3. The highest BCUT2D eigenvalue weighted by Crippen LogP contribution is 2.29. The minimum absolute atomic E-state index is 0.0278. The van der Waals surface area contributed by atoms with Crippen LogP contribution in [0.15, 0.2) is 47.8 Å².